The van der Waals surface area contributed by atoms with E-state index in [0.29, 0.717) is 5.69 Å². The summed E-state index contributed by atoms with van der Waals surface area (Å²) in [6.07, 6.45) is 0. The molecule has 0 atom stereocenters. The van der Waals surface area contributed by atoms with Crippen LogP contribution in [0.2, 0.25) is 0 Å². The van der Waals surface area contributed by atoms with E-state index >= 15 is 0 Å². The predicted molar refractivity (Wildman–Crippen MR) is 93.7 cm³/mol. The second-order valence-electron chi connectivity index (χ2n) is 4.63. The maximum absolute atomic E-state index is 11.0. The molecule has 0 amide bonds. The molecule has 6 heteroatoms. The van der Waals surface area contributed by atoms with E-state index in [1.54, 1.807) is 11.4 Å². The summed E-state index contributed by atoms with van der Waals surface area (Å²) in [5, 5.41) is 10.7. The molecule has 0 spiro atoms. The highest BCUT2D eigenvalue weighted by Gasteiger charge is 2.11. The zero-order valence-electron chi connectivity index (χ0n) is 11.9. The summed E-state index contributed by atoms with van der Waals surface area (Å²) in [6.45, 7) is 0. The predicted octanol–water partition coefficient (Wildman–Crippen LogP) is 5.16. The second-order valence-corrected chi connectivity index (χ2v) is 6.35. The number of hydrogen-bond donors (Lipinski definition) is 2. The lowest BCUT2D eigenvalue weighted by Crippen LogP contribution is -2.00. The zero-order chi connectivity index (χ0) is 16.1. The average molecular weight is 343 g/mol. The van der Waals surface area contributed by atoms with Crippen LogP contribution < -0.4 is 5.48 Å². The van der Waals surface area contributed by atoms with Crippen molar-refractivity contribution in [3.8, 4) is 11.1 Å². The Bertz CT molecular complexity index is 802. The maximum atomic E-state index is 11.0. The highest BCUT2D eigenvalue weighted by Crippen LogP contribution is 2.28. The van der Waals surface area contributed by atoms with Gasteiger partial charge in [0.05, 0.1) is 17.7 Å². The van der Waals surface area contributed by atoms with E-state index in [-0.39, 0.29) is 4.88 Å². The van der Waals surface area contributed by atoms with Gasteiger partial charge in [0.2, 0.25) is 0 Å². The zero-order valence-corrected chi connectivity index (χ0v) is 13.6. The van der Waals surface area contributed by atoms with Crippen molar-refractivity contribution in [1.29, 1.82) is 0 Å². The van der Waals surface area contributed by atoms with Crippen LogP contribution in [0.5, 0.6) is 0 Å². The van der Waals surface area contributed by atoms with Crippen LogP contribution in [0, 0.1) is 0 Å². The molecule has 2 N–H and O–H groups in total. The first-order chi connectivity index (χ1) is 11.2. The minimum absolute atomic E-state index is 0.226. The highest BCUT2D eigenvalue weighted by molar-refractivity contribution is 7.94. The number of anilines is 1. The van der Waals surface area contributed by atoms with Crippen molar-refractivity contribution in [1.82, 2.24) is 0 Å². The van der Waals surface area contributed by atoms with Gasteiger partial charge in [0, 0.05) is 4.90 Å². The first-order valence-corrected chi connectivity index (χ1v) is 8.42. The van der Waals surface area contributed by atoms with Crippen molar-refractivity contribution in [3.05, 3.63) is 70.9 Å². The maximum Gasteiger partial charge on any atom is 0.348 e. The monoisotopic (exact) mass is 343 g/mol. The van der Waals surface area contributed by atoms with Crippen LogP contribution in [0.3, 0.4) is 0 Å². The fourth-order valence-electron chi connectivity index (χ4n) is 2.03. The summed E-state index contributed by atoms with van der Waals surface area (Å²) in [5.74, 6) is -0.970. The third-order valence-corrected chi connectivity index (χ3v) is 4.61. The lowest BCUT2D eigenvalue weighted by Gasteiger charge is -2.07. The molecule has 3 aromatic rings. The van der Waals surface area contributed by atoms with Crippen LogP contribution in [0.15, 0.2) is 70.9 Å². The number of carboxylic acid groups (broad SMARTS) is 1. The molecule has 0 radical (unpaired) electrons. The standard InChI is InChI=1S/C17H13NO3S2/c19-17(20)16-15(9-10-22-16)18-21-23-14-8-4-7-13(11-14)12-5-2-1-3-6-12/h1-11,18H,(H,19,20). The number of aromatic carboxylic acids is 1. The van der Waals surface area contributed by atoms with Gasteiger partial charge >= 0.3 is 5.97 Å². The molecule has 0 bridgehead atoms. The largest absolute Gasteiger partial charge is 0.477 e. The Morgan fingerprint density at radius 3 is 2.61 bits per heavy atom. The van der Waals surface area contributed by atoms with Gasteiger partial charge in [0.1, 0.15) is 4.88 Å². The lowest BCUT2D eigenvalue weighted by atomic mass is 10.1. The quantitative estimate of drug-likeness (QED) is 0.478. The fourth-order valence-corrected chi connectivity index (χ4v) is 3.24. The van der Waals surface area contributed by atoms with Crippen LogP contribution >= 0.6 is 23.4 Å². The van der Waals surface area contributed by atoms with Gasteiger partial charge in [0.25, 0.3) is 0 Å². The summed E-state index contributed by atoms with van der Waals surface area (Å²) in [5.41, 5.74) is 5.36. The number of nitrogens with one attached hydrogen (secondary N) is 1. The summed E-state index contributed by atoms with van der Waals surface area (Å²) in [6, 6.07) is 19.7. The van der Waals surface area contributed by atoms with Gasteiger partial charge in [-0.05, 0) is 34.7 Å². The Kier molecular flexibility index (Phi) is 4.97. The molecule has 1 aromatic heterocycles. The highest BCUT2D eigenvalue weighted by atomic mass is 32.2. The Morgan fingerprint density at radius 1 is 1.04 bits per heavy atom. The summed E-state index contributed by atoms with van der Waals surface area (Å²) in [4.78, 5) is 12.2. The van der Waals surface area contributed by atoms with Gasteiger partial charge in [-0.1, -0.05) is 42.5 Å². The Balaban J connectivity index is 1.65. The molecular formula is C17H13NO3S2. The molecular weight excluding hydrogens is 330 g/mol. The number of rotatable bonds is 6. The number of benzene rings is 2. The first-order valence-electron chi connectivity index (χ1n) is 6.80. The SMILES string of the molecule is O=C(O)c1sccc1NOSc1cccc(-c2ccccc2)c1. The van der Waals surface area contributed by atoms with Crippen LogP contribution in [0.4, 0.5) is 5.69 Å². The first kappa shape index (κ1) is 15.6. The van der Waals surface area contributed by atoms with Crippen LogP contribution in [-0.2, 0) is 4.28 Å². The number of carbonyl (C=O) groups is 1. The van der Waals surface area contributed by atoms with Crippen molar-refractivity contribution in [2.75, 3.05) is 5.48 Å². The summed E-state index contributed by atoms with van der Waals surface area (Å²) in [7, 11) is 0. The molecule has 0 saturated heterocycles. The van der Waals surface area contributed by atoms with Crippen LogP contribution in [-0.4, -0.2) is 11.1 Å². The van der Waals surface area contributed by atoms with E-state index < -0.39 is 5.97 Å². The Labute approximate surface area is 141 Å². The topological polar surface area (TPSA) is 58.6 Å². The van der Waals surface area contributed by atoms with E-state index in [9.17, 15) is 4.79 Å². The molecule has 4 nitrogen and oxygen atoms in total. The molecule has 0 saturated carbocycles. The molecule has 2 aromatic carbocycles. The van der Waals surface area contributed by atoms with E-state index in [0.717, 1.165) is 39.4 Å². The van der Waals surface area contributed by atoms with Crippen LogP contribution in [0.1, 0.15) is 9.67 Å². The van der Waals surface area contributed by atoms with Gasteiger partial charge < -0.3 is 5.11 Å². The molecule has 0 aliphatic rings. The van der Waals surface area contributed by atoms with Gasteiger partial charge in [-0.25, -0.2) is 4.79 Å². The van der Waals surface area contributed by atoms with Gasteiger partial charge in [-0.2, -0.15) is 4.28 Å². The number of carboxylic acids is 1. The minimum Gasteiger partial charge on any atom is -0.477 e. The minimum atomic E-state index is -0.970. The van der Waals surface area contributed by atoms with Crippen molar-refractivity contribution in [3.63, 3.8) is 0 Å². The van der Waals surface area contributed by atoms with Gasteiger partial charge in [0.15, 0.2) is 0 Å². The number of hydrogen-bond acceptors (Lipinski definition) is 5. The van der Waals surface area contributed by atoms with Crippen molar-refractivity contribution in [2.45, 2.75) is 4.90 Å². The van der Waals surface area contributed by atoms with E-state index in [1.165, 1.54) is 0 Å². The second kappa shape index (κ2) is 7.32. The van der Waals surface area contributed by atoms with Crippen LogP contribution in [0.25, 0.3) is 11.1 Å². The van der Waals surface area contributed by atoms with E-state index in [4.69, 9.17) is 9.39 Å². The molecule has 1 heterocycles. The summed E-state index contributed by atoms with van der Waals surface area (Å²) >= 11 is 2.30. The van der Waals surface area contributed by atoms with Crippen molar-refractivity contribution in [2.24, 2.45) is 0 Å². The molecule has 0 aliphatic heterocycles. The fraction of sp³-hybridized carbons (Fsp3) is 0. The lowest BCUT2D eigenvalue weighted by molar-refractivity contribution is 0.0702. The summed E-state index contributed by atoms with van der Waals surface area (Å²) < 4.78 is 5.36. The third-order valence-electron chi connectivity index (χ3n) is 3.09. The van der Waals surface area contributed by atoms with E-state index in [2.05, 4.69) is 5.48 Å². The van der Waals surface area contributed by atoms with Gasteiger partial charge in [-0.3, -0.25) is 5.48 Å². The molecule has 3 rings (SSSR count). The van der Waals surface area contributed by atoms with Crippen molar-refractivity contribution >= 4 is 35.0 Å². The average Bonchev–Trinajstić information content (AvgIpc) is 3.05. The molecule has 23 heavy (non-hydrogen) atoms. The van der Waals surface area contributed by atoms with Crippen molar-refractivity contribution < 1.29 is 14.2 Å². The Morgan fingerprint density at radius 2 is 1.83 bits per heavy atom. The van der Waals surface area contributed by atoms with E-state index in [1.807, 2.05) is 54.6 Å². The smallest absolute Gasteiger partial charge is 0.348 e. The molecule has 116 valence electrons. The molecule has 0 fully saturated rings. The molecule has 0 unspecified atom stereocenters. The third kappa shape index (κ3) is 3.92. The Hall–Kier alpha value is -2.28. The normalized spacial score (nSPS) is 10.4. The van der Waals surface area contributed by atoms with Gasteiger partial charge in [-0.15, -0.1) is 11.3 Å². The number of thiophene rings is 1. The molecule has 0 aliphatic carbocycles.